The van der Waals surface area contributed by atoms with Crippen LogP contribution in [0.3, 0.4) is 0 Å². The van der Waals surface area contributed by atoms with Crippen molar-refractivity contribution in [2.24, 2.45) is 4.99 Å². The molecule has 8 heteroatoms. The van der Waals surface area contributed by atoms with Gasteiger partial charge in [0.2, 0.25) is 0 Å². The highest BCUT2D eigenvalue weighted by Gasteiger charge is 2.27. The van der Waals surface area contributed by atoms with E-state index in [1.807, 2.05) is 17.9 Å². The lowest BCUT2D eigenvalue weighted by atomic mass is 10.0. The van der Waals surface area contributed by atoms with E-state index in [1.165, 1.54) is 13.1 Å². The highest BCUT2D eigenvalue weighted by molar-refractivity contribution is 5.80. The van der Waals surface area contributed by atoms with E-state index >= 15 is 0 Å². The number of aryl methyl sites for hydroxylation is 1. The maximum Gasteiger partial charge on any atom is 0.390 e. The molecule has 1 aromatic rings. The molecule has 1 aliphatic rings. The first kappa shape index (κ1) is 19.3. The molecule has 1 aromatic carbocycles. The molecule has 1 heterocycles. The molecule has 0 aliphatic carbocycles. The molecule has 4 nitrogen and oxygen atoms in total. The SMILES string of the molecule is CN=C(NCCC(F)(F)F)NC1CCCN(c2cc(C)ccc2F)C1. The molecule has 1 fully saturated rings. The summed E-state index contributed by atoms with van der Waals surface area (Å²) in [5, 5.41) is 5.81. The van der Waals surface area contributed by atoms with Gasteiger partial charge in [-0.3, -0.25) is 4.99 Å². The van der Waals surface area contributed by atoms with Crippen LogP contribution in [0, 0.1) is 12.7 Å². The third-order valence-electron chi connectivity index (χ3n) is 4.13. The van der Waals surface area contributed by atoms with Crippen LogP contribution in [0.25, 0.3) is 0 Å². The fraction of sp³-hybridized carbons (Fsp3) is 0.588. The summed E-state index contributed by atoms with van der Waals surface area (Å²) in [6.07, 6.45) is -3.40. The van der Waals surface area contributed by atoms with Gasteiger partial charge in [-0.25, -0.2) is 4.39 Å². The zero-order chi connectivity index (χ0) is 18.4. The van der Waals surface area contributed by atoms with Gasteiger partial charge >= 0.3 is 6.18 Å². The molecule has 25 heavy (non-hydrogen) atoms. The number of rotatable bonds is 4. The number of piperidine rings is 1. The van der Waals surface area contributed by atoms with Crippen LogP contribution in [0.5, 0.6) is 0 Å². The van der Waals surface area contributed by atoms with Gasteiger partial charge in [0.25, 0.3) is 0 Å². The van der Waals surface area contributed by atoms with E-state index < -0.39 is 12.6 Å². The van der Waals surface area contributed by atoms with Gasteiger partial charge in [0.15, 0.2) is 5.96 Å². The second kappa shape index (κ2) is 8.40. The Morgan fingerprint density at radius 2 is 2.12 bits per heavy atom. The van der Waals surface area contributed by atoms with E-state index in [2.05, 4.69) is 15.6 Å². The average Bonchev–Trinajstić information content (AvgIpc) is 2.55. The number of nitrogens with one attached hydrogen (secondary N) is 2. The maximum atomic E-state index is 14.1. The zero-order valence-corrected chi connectivity index (χ0v) is 14.5. The van der Waals surface area contributed by atoms with Crippen molar-refractivity contribution in [3.05, 3.63) is 29.6 Å². The Balaban J connectivity index is 1.93. The molecule has 0 bridgehead atoms. The average molecular weight is 360 g/mol. The highest BCUT2D eigenvalue weighted by Crippen LogP contribution is 2.24. The summed E-state index contributed by atoms with van der Waals surface area (Å²) in [6, 6.07) is 4.99. The number of hydrogen-bond donors (Lipinski definition) is 2. The standard InChI is InChI=1S/C17H24F4N4/c1-12-5-6-14(18)15(10-12)25-9-3-4-13(11-25)24-16(22-2)23-8-7-17(19,20)21/h5-6,10,13H,3-4,7-9,11H2,1-2H3,(H2,22,23,24). The normalized spacial score (nSPS) is 19.0. The van der Waals surface area contributed by atoms with Crippen molar-refractivity contribution in [3.8, 4) is 0 Å². The first-order valence-corrected chi connectivity index (χ1v) is 8.33. The van der Waals surface area contributed by atoms with Gasteiger partial charge in [0.1, 0.15) is 5.82 Å². The first-order chi connectivity index (χ1) is 11.8. The van der Waals surface area contributed by atoms with E-state index in [0.29, 0.717) is 18.2 Å². The van der Waals surface area contributed by atoms with Crippen molar-refractivity contribution in [1.29, 1.82) is 0 Å². The van der Waals surface area contributed by atoms with Crippen LogP contribution in [0.15, 0.2) is 23.2 Å². The number of hydrogen-bond acceptors (Lipinski definition) is 2. The molecular formula is C17H24F4N4. The van der Waals surface area contributed by atoms with Gasteiger partial charge < -0.3 is 15.5 Å². The molecule has 1 aliphatic heterocycles. The number of guanidine groups is 1. The Bertz CT molecular complexity index is 601. The Labute approximate surface area is 145 Å². The number of nitrogens with zero attached hydrogens (tertiary/aromatic N) is 2. The van der Waals surface area contributed by atoms with Crippen LogP contribution in [0.2, 0.25) is 0 Å². The number of aliphatic imine (C=N–C) groups is 1. The smallest absolute Gasteiger partial charge is 0.367 e. The third kappa shape index (κ3) is 6.10. The van der Waals surface area contributed by atoms with Crippen LogP contribution in [-0.4, -0.2) is 44.9 Å². The molecular weight excluding hydrogens is 336 g/mol. The van der Waals surface area contributed by atoms with Crippen LogP contribution in [0.4, 0.5) is 23.2 Å². The van der Waals surface area contributed by atoms with Crippen LogP contribution >= 0.6 is 0 Å². The quantitative estimate of drug-likeness (QED) is 0.492. The topological polar surface area (TPSA) is 39.7 Å². The van der Waals surface area contributed by atoms with Crippen LogP contribution < -0.4 is 15.5 Å². The van der Waals surface area contributed by atoms with E-state index in [4.69, 9.17) is 0 Å². The van der Waals surface area contributed by atoms with Gasteiger partial charge in [-0.05, 0) is 37.5 Å². The lowest BCUT2D eigenvalue weighted by molar-refractivity contribution is -0.132. The Morgan fingerprint density at radius 1 is 1.36 bits per heavy atom. The molecule has 0 aromatic heterocycles. The molecule has 1 unspecified atom stereocenters. The molecule has 0 spiro atoms. The number of halogens is 4. The van der Waals surface area contributed by atoms with E-state index in [0.717, 1.165) is 24.9 Å². The third-order valence-corrected chi connectivity index (χ3v) is 4.13. The van der Waals surface area contributed by atoms with Crippen molar-refractivity contribution in [2.75, 3.05) is 31.6 Å². The van der Waals surface area contributed by atoms with E-state index in [9.17, 15) is 17.6 Å². The summed E-state index contributed by atoms with van der Waals surface area (Å²) in [4.78, 5) is 5.93. The Hall–Kier alpha value is -1.99. The lowest BCUT2D eigenvalue weighted by Gasteiger charge is -2.35. The fourth-order valence-electron chi connectivity index (χ4n) is 2.89. The Morgan fingerprint density at radius 3 is 2.80 bits per heavy atom. The summed E-state index contributed by atoms with van der Waals surface area (Å²) >= 11 is 0. The van der Waals surface area contributed by atoms with Gasteiger partial charge in [0.05, 0.1) is 12.1 Å². The van der Waals surface area contributed by atoms with Crippen molar-refractivity contribution in [3.63, 3.8) is 0 Å². The van der Waals surface area contributed by atoms with Crippen molar-refractivity contribution < 1.29 is 17.6 Å². The van der Waals surface area contributed by atoms with E-state index in [1.54, 1.807) is 6.07 Å². The minimum absolute atomic E-state index is 0.00857. The maximum absolute atomic E-state index is 14.1. The van der Waals surface area contributed by atoms with Crippen LogP contribution in [-0.2, 0) is 0 Å². The number of anilines is 1. The van der Waals surface area contributed by atoms with Gasteiger partial charge in [0, 0.05) is 32.7 Å². The van der Waals surface area contributed by atoms with E-state index in [-0.39, 0.29) is 18.4 Å². The van der Waals surface area contributed by atoms with Gasteiger partial charge in [-0.2, -0.15) is 13.2 Å². The summed E-state index contributed by atoms with van der Waals surface area (Å²) in [5.41, 5.74) is 1.54. The summed E-state index contributed by atoms with van der Waals surface area (Å²) in [6.45, 7) is 3.00. The monoisotopic (exact) mass is 360 g/mol. The molecule has 2 rings (SSSR count). The lowest BCUT2D eigenvalue weighted by Crippen LogP contribution is -2.51. The second-order valence-corrected chi connectivity index (χ2v) is 6.25. The minimum atomic E-state index is -4.20. The second-order valence-electron chi connectivity index (χ2n) is 6.25. The van der Waals surface area contributed by atoms with Gasteiger partial charge in [-0.1, -0.05) is 6.07 Å². The van der Waals surface area contributed by atoms with Crippen molar-refractivity contribution in [2.45, 2.75) is 38.4 Å². The van der Waals surface area contributed by atoms with Gasteiger partial charge in [-0.15, -0.1) is 0 Å². The molecule has 2 N–H and O–H groups in total. The van der Waals surface area contributed by atoms with Crippen molar-refractivity contribution in [1.82, 2.24) is 10.6 Å². The molecule has 140 valence electrons. The number of alkyl halides is 3. The summed E-state index contributed by atoms with van der Waals surface area (Å²) in [7, 11) is 1.52. The highest BCUT2D eigenvalue weighted by atomic mass is 19.4. The predicted molar refractivity (Wildman–Crippen MR) is 91.5 cm³/mol. The molecule has 0 radical (unpaired) electrons. The van der Waals surface area contributed by atoms with Crippen molar-refractivity contribution >= 4 is 11.6 Å². The molecule has 1 atom stereocenters. The summed E-state index contributed by atoms with van der Waals surface area (Å²) in [5.74, 6) is 0.0692. The fourth-order valence-corrected chi connectivity index (χ4v) is 2.89. The number of benzene rings is 1. The molecule has 1 saturated heterocycles. The predicted octanol–water partition coefficient (Wildman–Crippen LogP) is 3.22. The minimum Gasteiger partial charge on any atom is -0.367 e. The largest absolute Gasteiger partial charge is 0.390 e. The summed E-state index contributed by atoms with van der Waals surface area (Å²) < 4.78 is 50.8. The first-order valence-electron chi connectivity index (χ1n) is 8.33. The van der Waals surface area contributed by atoms with Crippen LogP contribution in [0.1, 0.15) is 24.8 Å². The Kier molecular flexibility index (Phi) is 6.50. The zero-order valence-electron chi connectivity index (χ0n) is 14.5. The molecule has 0 saturated carbocycles. The molecule has 0 amide bonds.